The highest BCUT2D eigenvalue weighted by molar-refractivity contribution is 14.0. The zero-order chi connectivity index (χ0) is 20.3. The lowest BCUT2D eigenvalue weighted by Gasteiger charge is -2.32. The minimum Gasteiger partial charge on any atom is -0.493 e. The van der Waals surface area contributed by atoms with E-state index in [1.807, 2.05) is 0 Å². The van der Waals surface area contributed by atoms with Crippen LogP contribution in [0.5, 0.6) is 11.5 Å². The van der Waals surface area contributed by atoms with Crippen molar-refractivity contribution >= 4 is 29.9 Å². The van der Waals surface area contributed by atoms with Gasteiger partial charge in [0.1, 0.15) is 5.76 Å². The SMILES string of the molecule is CN=C(NCc1ncc(C(C)(C)C)o1)N1CCc2cc(OC)c(OC)cc2C1.I. The molecule has 0 spiro atoms. The smallest absolute Gasteiger partial charge is 0.213 e. The fourth-order valence-electron chi connectivity index (χ4n) is 3.29. The summed E-state index contributed by atoms with van der Waals surface area (Å²) in [6, 6.07) is 4.12. The highest BCUT2D eigenvalue weighted by Gasteiger charge is 2.23. The van der Waals surface area contributed by atoms with Crippen molar-refractivity contribution in [2.24, 2.45) is 4.99 Å². The van der Waals surface area contributed by atoms with Crippen molar-refractivity contribution in [3.63, 3.8) is 0 Å². The number of methoxy groups -OCH3 is 2. The van der Waals surface area contributed by atoms with Gasteiger partial charge < -0.3 is 24.1 Å². The van der Waals surface area contributed by atoms with Crippen molar-refractivity contribution in [1.82, 2.24) is 15.2 Å². The quantitative estimate of drug-likeness (QED) is 0.381. The molecule has 7 nitrogen and oxygen atoms in total. The molecule has 160 valence electrons. The van der Waals surface area contributed by atoms with Gasteiger partial charge in [-0.2, -0.15) is 0 Å². The Morgan fingerprint density at radius 2 is 1.86 bits per heavy atom. The summed E-state index contributed by atoms with van der Waals surface area (Å²) in [6.45, 7) is 8.46. The van der Waals surface area contributed by atoms with Crippen LogP contribution in [0.2, 0.25) is 0 Å². The lowest BCUT2D eigenvalue weighted by atomic mass is 9.94. The average molecular weight is 514 g/mol. The van der Waals surface area contributed by atoms with E-state index in [0.29, 0.717) is 12.4 Å². The number of hydrogen-bond acceptors (Lipinski definition) is 5. The van der Waals surface area contributed by atoms with Gasteiger partial charge in [0.05, 0.1) is 27.0 Å². The van der Waals surface area contributed by atoms with E-state index in [-0.39, 0.29) is 29.4 Å². The Labute approximate surface area is 189 Å². The number of aromatic nitrogens is 1. The third kappa shape index (κ3) is 5.34. The highest BCUT2D eigenvalue weighted by atomic mass is 127. The molecular formula is C21H31IN4O3. The van der Waals surface area contributed by atoms with Crippen LogP contribution in [-0.4, -0.2) is 43.7 Å². The number of guanidine groups is 1. The van der Waals surface area contributed by atoms with Crippen molar-refractivity contribution in [1.29, 1.82) is 0 Å². The molecule has 8 heteroatoms. The first-order valence-corrected chi connectivity index (χ1v) is 9.50. The molecule has 2 aromatic rings. The van der Waals surface area contributed by atoms with E-state index in [1.54, 1.807) is 27.5 Å². The van der Waals surface area contributed by atoms with Gasteiger partial charge in [-0.25, -0.2) is 4.98 Å². The van der Waals surface area contributed by atoms with Gasteiger partial charge in [0.2, 0.25) is 5.89 Å². The summed E-state index contributed by atoms with van der Waals surface area (Å²) in [5.74, 6) is 3.90. The first kappa shape index (κ1) is 23.3. The first-order chi connectivity index (χ1) is 13.4. The van der Waals surface area contributed by atoms with Gasteiger partial charge >= 0.3 is 0 Å². The zero-order valence-electron chi connectivity index (χ0n) is 18.0. The van der Waals surface area contributed by atoms with E-state index in [0.717, 1.165) is 42.7 Å². The standard InChI is InChI=1S/C21H30N4O3.HI/c1-21(2,3)18-11-23-19(28-18)12-24-20(22-4)25-8-7-14-9-16(26-5)17(27-6)10-15(14)13-25;/h9-11H,7-8,12-13H2,1-6H3,(H,22,24);1H. The molecule has 1 aromatic heterocycles. The molecule has 3 rings (SSSR count). The second-order valence-electron chi connectivity index (χ2n) is 7.92. The molecule has 1 N–H and O–H groups in total. The van der Waals surface area contributed by atoms with E-state index in [2.05, 4.69) is 53.1 Å². The van der Waals surface area contributed by atoms with Gasteiger partial charge in [-0.1, -0.05) is 20.8 Å². The third-order valence-electron chi connectivity index (χ3n) is 4.92. The Bertz CT molecular complexity index is 858. The van der Waals surface area contributed by atoms with E-state index in [4.69, 9.17) is 13.9 Å². The van der Waals surface area contributed by atoms with Crippen molar-refractivity contribution in [2.45, 2.75) is 45.7 Å². The summed E-state index contributed by atoms with van der Waals surface area (Å²) in [6.07, 6.45) is 2.72. The predicted octanol–water partition coefficient (Wildman–Crippen LogP) is 3.74. The van der Waals surface area contributed by atoms with E-state index >= 15 is 0 Å². The highest BCUT2D eigenvalue weighted by Crippen LogP contribution is 2.33. The van der Waals surface area contributed by atoms with Crippen LogP contribution in [0.1, 0.15) is 43.5 Å². The molecular weight excluding hydrogens is 483 g/mol. The minimum absolute atomic E-state index is 0. The molecule has 2 heterocycles. The number of aliphatic imine (C=N–C) groups is 1. The Balaban J connectivity index is 0.00000300. The van der Waals surface area contributed by atoms with Crippen LogP contribution < -0.4 is 14.8 Å². The van der Waals surface area contributed by atoms with Crippen LogP contribution in [0.15, 0.2) is 27.7 Å². The van der Waals surface area contributed by atoms with Gasteiger partial charge in [0.25, 0.3) is 0 Å². The molecule has 1 aliphatic heterocycles. The lowest BCUT2D eigenvalue weighted by Crippen LogP contribution is -2.43. The molecule has 1 aromatic carbocycles. The van der Waals surface area contributed by atoms with Crippen LogP contribution in [0.4, 0.5) is 0 Å². The van der Waals surface area contributed by atoms with Crippen molar-refractivity contribution in [2.75, 3.05) is 27.8 Å². The van der Waals surface area contributed by atoms with Crippen LogP contribution in [0.3, 0.4) is 0 Å². The van der Waals surface area contributed by atoms with Crippen LogP contribution in [-0.2, 0) is 24.9 Å². The van der Waals surface area contributed by atoms with Crippen LogP contribution >= 0.6 is 24.0 Å². The third-order valence-corrected chi connectivity index (χ3v) is 4.92. The summed E-state index contributed by atoms with van der Waals surface area (Å²) in [5, 5.41) is 3.37. The minimum atomic E-state index is -0.0520. The summed E-state index contributed by atoms with van der Waals surface area (Å²) < 4.78 is 16.7. The van der Waals surface area contributed by atoms with Crippen molar-refractivity contribution < 1.29 is 13.9 Å². The molecule has 0 fully saturated rings. The molecule has 0 bridgehead atoms. The summed E-state index contributed by atoms with van der Waals surface area (Å²) in [5.41, 5.74) is 2.45. The van der Waals surface area contributed by atoms with Gasteiger partial charge in [-0.3, -0.25) is 4.99 Å². The molecule has 0 radical (unpaired) electrons. The number of ether oxygens (including phenoxy) is 2. The van der Waals surface area contributed by atoms with Crippen molar-refractivity contribution in [3.05, 3.63) is 41.1 Å². The van der Waals surface area contributed by atoms with Gasteiger partial charge in [-0.05, 0) is 29.7 Å². The van der Waals surface area contributed by atoms with Gasteiger partial charge in [-0.15, -0.1) is 24.0 Å². The summed E-state index contributed by atoms with van der Waals surface area (Å²) in [7, 11) is 5.12. The summed E-state index contributed by atoms with van der Waals surface area (Å²) >= 11 is 0. The molecule has 29 heavy (non-hydrogen) atoms. The van der Waals surface area contributed by atoms with E-state index in [9.17, 15) is 0 Å². The Hall–Kier alpha value is -1.97. The molecule has 0 atom stereocenters. The first-order valence-electron chi connectivity index (χ1n) is 9.50. The van der Waals surface area contributed by atoms with E-state index < -0.39 is 0 Å². The number of fused-ring (bicyclic) bond motifs is 1. The summed E-state index contributed by atoms with van der Waals surface area (Å²) in [4.78, 5) is 11.0. The molecule has 0 saturated carbocycles. The molecule has 0 unspecified atom stereocenters. The fraction of sp³-hybridized carbons (Fsp3) is 0.524. The van der Waals surface area contributed by atoms with Crippen molar-refractivity contribution in [3.8, 4) is 11.5 Å². The Morgan fingerprint density at radius 3 is 2.41 bits per heavy atom. The number of halogens is 1. The normalized spacial score (nSPS) is 14.1. The van der Waals surface area contributed by atoms with Crippen LogP contribution in [0.25, 0.3) is 0 Å². The second-order valence-corrected chi connectivity index (χ2v) is 7.92. The Kier molecular flexibility index (Phi) is 7.79. The number of rotatable bonds is 4. The fourth-order valence-corrected chi connectivity index (χ4v) is 3.29. The number of nitrogens with one attached hydrogen (secondary N) is 1. The number of oxazole rings is 1. The monoisotopic (exact) mass is 514 g/mol. The Morgan fingerprint density at radius 1 is 1.21 bits per heavy atom. The number of hydrogen-bond donors (Lipinski definition) is 1. The molecule has 0 amide bonds. The average Bonchev–Trinajstić information content (AvgIpc) is 3.16. The topological polar surface area (TPSA) is 72.1 Å². The van der Waals surface area contributed by atoms with Gasteiger partial charge in [0.15, 0.2) is 17.5 Å². The lowest BCUT2D eigenvalue weighted by molar-refractivity contribution is 0.344. The number of nitrogens with zero attached hydrogens (tertiary/aromatic N) is 3. The molecule has 1 aliphatic rings. The molecule has 0 saturated heterocycles. The predicted molar refractivity (Wildman–Crippen MR) is 124 cm³/mol. The maximum Gasteiger partial charge on any atom is 0.213 e. The largest absolute Gasteiger partial charge is 0.493 e. The zero-order valence-corrected chi connectivity index (χ0v) is 20.4. The maximum absolute atomic E-state index is 5.86. The number of benzene rings is 1. The molecule has 0 aliphatic carbocycles. The van der Waals surface area contributed by atoms with E-state index in [1.165, 1.54) is 11.1 Å². The van der Waals surface area contributed by atoms with Gasteiger partial charge in [0, 0.05) is 25.6 Å². The second kappa shape index (κ2) is 9.69. The van der Waals surface area contributed by atoms with Crippen LogP contribution in [0, 0.1) is 0 Å². The maximum atomic E-state index is 5.86.